The minimum atomic E-state index is -0.737. The Balaban J connectivity index is 4.31. The Kier molecular flexibility index (Phi) is 12.2. The molecule has 0 saturated heterocycles. The fourth-order valence-corrected chi connectivity index (χ4v) is 3.89. The minimum Gasteiger partial charge on any atom is -0.385 e. The molecule has 18 heavy (non-hydrogen) atoms. The molecule has 0 amide bonds. The quantitative estimate of drug-likeness (QED) is 0.557. The molecule has 0 aliphatic rings. The van der Waals surface area contributed by atoms with Crippen LogP contribution in [-0.2, 0) is 15.5 Å². The molecule has 0 aromatic rings. The number of hydrogen-bond donors (Lipinski definition) is 1. The Morgan fingerprint density at radius 3 is 2.44 bits per heavy atom. The van der Waals surface area contributed by atoms with Crippen LogP contribution in [-0.4, -0.2) is 41.5 Å². The van der Waals surface area contributed by atoms with E-state index in [4.69, 9.17) is 4.74 Å². The maximum absolute atomic E-state index is 12.3. The molecule has 0 heterocycles. The summed E-state index contributed by atoms with van der Waals surface area (Å²) in [7, 11) is 0.960. The van der Waals surface area contributed by atoms with Crippen molar-refractivity contribution >= 4 is 10.8 Å². The molecule has 3 atom stereocenters. The van der Waals surface area contributed by atoms with Crippen molar-refractivity contribution in [1.82, 2.24) is 5.32 Å². The highest BCUT2D eigenvalue weighted by molar-refractivity contribution is 7.85. The van der Waals surface area contributed by atoms with Crippen molar-refractivity contribution < 1.29 is 8.95 Å². The Morgan fingerprint density at radius 1 is 1.22 bits per heavy atom. The van der Waals surface area contributed by atoms with E-state index in [0.717, 1.165) is 44.4 Å². The largest absolute Gasteiger partial charge is 0.385 e. The van der Waals surface area contributed by atoms with E-state index in [-0.39, 0.29) is 5.25 Å². The summed E-state index contributed by atoms with van der Waals surface area (Å²) in [4.78, 5) is 0. The number of methoxy groups -OCH3 is 1. The average Bonchev–Trinajstić information content (AvgIpc) is 2.37. The van der Waals surface area contributed by atoms with Crippen LogP contribution in [0.15, 0.2) is 0 Å². The lowest BCUT2D eigenvalue weighted by Crippen LogP contribution is -2.43. The van der Waals surface area contributed by atoms with Crippen LogP contribution in [0, 0.1) is 0 Å². The summed E-state index contributed by atoms with van der Waals surface area (Å²) in [5.74, 6) is 0.764. The van der Waals surface area contributed by atoms with Gasteiger partial charge in [0.1, 0.15) is 0 Å². The Morgan fingerprint density at radius 2 is 1.94 bits per heavy atom. The van der Waals surface area contributed by atoms with Crippen molar-refractivity contribution in [2.75, 3.05) is 26.0 Å². The van der Waals surface area contributed by atoms with E-state index in [2.05, 4.69) is 26.1 Å². The van der Waals surface area contributed by atoms with Gasteiger partial charge in [0.25, 0.3) is 0 Å². The van der Waals surface area contributed by atoms with E-state index >= 15 is 0 Å². The molecule has 0 aromatic carbocycles. The van der Waals surface area contributed by atoms with Gasteiger partial charge in [-0.25, -0.2) is 0 Å². The summed E-state index contributed by atoms with van der Waals surface area (Å²) in [6, 6.07) is 0.406. The van der Waals surface area contributed by atoms with Crippen molar-refractivity contribution in [2.45, 2.75) is 64.2 Å². The van der Waals surface area contributed by atoms with Crippen LogP contribution in [0.25, 0.3) is 0 Å². The second kappa shape index (κ2) is 12.1. The van der Waals surface area contributed by atoms with Gasteiger partial charge in [-0.15, -0.1) is 0 Å². The zero-order valence-corrected chi connectivity index (χ0v) is 13.4. The van der Waals surface area contributed by atoms with Gasteiger partial charge in [0.05, 0.1) is 0 Å². The molecule has 0 saturated carbocycles. The maximum Gasteiger partial charge on any atom is 0.0498 e. The van der Waals surface area contributed by atoms with Crippen molar-refractivity contribution in [1.29, 1.82) is 0 Å². The highest BCUT2D eigenvalue weighted by Gasteiger charge is 2.23. The average molecular weight is 277 g/mol. The first-order valence-corrected chi connectivity index (χ1v) is 8.68. The molecule has 0 fully saturated rings. The monoisotopic (exact) mass is 277 g/mol. The van der Waals surface area contributed by atoms with Gasteiger partial charge in [0.2, 0.25) is 0 Å². The van der Waals surface area contributed by atoms with Crippen LogP contribution in [0.2, 0.25) is 0 Å². The van der Waals surface area contributed by atoms with Crippen LogP contribution in [0.3, 0.4) is 0 Å². The standard InChI is InChI=1S/C14H31NO2S/c1-5-9-13(15-10-6-2)14(7-3)18(16)12-8-11-17-4/h13-15H,5-12H2,1-4H3. The van der Waals surface area contributed by atoms with Crippen molar-refractivity contribution in [2.24, 2.45) is 0 Å². The van der Waals surface area contributed by atoms with Crippen LogP contribution in [0.4, 0.5) is 0 Å². The zero-order valence-electron chi connectivity index (χ0n) is 12.5. The van der Waals surface area contributed by atoms with E-state index in [1.54, 1.807) is 7.11 Å². The van der Waals surface area contributed by atoms with Gasteiger partial charge in [0, 0.05) is 41.6 Å². The van der Waals surface area contributed by atoms with Crippen LogP contribution in [0.1, 0.15) is 52.9 Å². The Hall–Kier alpha value is 0.0700. The molecular weight excluding hydrogens is 246 g/mol. The predicted octanol–water partition coefficient (Wildman–Crippen LogP) is 2.72. The van der Waals surface area contributed by atoms with Gasteiger partial charge in [0.15, 0.2) is 0 Å². The first-order valence-electron chi connectivity index (χ1n) is 7.30. The first kappa shape index (κ1) is 18.1. The molecule has 4 heteroatoms. The third-order valence-corrected chi connectivity index (χ3v) is 5.17. The van der Waals surface area contributed by atoms with Crippen molar-refractivity contribution in [3.05, 3.63) is 0 Å². The van der Waals surface area contributed by atoms with E-state index in [1.807, 2.05) is 0 Å². The Labute approximate surface area is 116 Å². The first-order chi connectivity index (χ1) is 8.71. The predicted molar refractivity (Wildman–Crippen MR) is 80.6 cm³/mol. The van der Waals surface area contributed by atoms with E-state index < -0.39 is 10.8 Å². The molecule has 0 radical (unpaired) electrons. The van der Waals surface area contributed by atoms with Gasteiger partial charge < -0.3 is 10.1 Å². The third kappa shape index (κ3) is 7.49. The lowest BCUT2D eigenvalue weighted by Gasteiger charge is -2.26. The number of rotatable bonds is 12. The van der Waals surface area contributed by atoms with Gasteiger partial charge in [-0.1, -0.05) is 27.2 Å². The van der Waals surface area contributed by atoms with E-state index in [9.17, 15) is 4.21 Å². The van der Waals surface area contributed by atoms with Gasteiger partial charge in [-0.2, -0.15) is 0 Å². The second-order valence-corrected chi connectivity index (χ2v) is 6.50. The highest BCUT2D eigenvalue weighted by Crippen LogP contribution is 2.14. The molecule has 3 unspecified atom stereocenters. The minimum absolute atomic E-state index is 0.286. The van der Waals surface area contributed by atoms with E-state index in [1.165, 1.54) is 0 Å². The molecule has 0 spiro atoms. The molecule has 3 nitrogen and oxygen atoms in total. The fraction of sp³-hybridized carbons (Fsp3) is 1.00. The SMILES string of the molecule is CCCNC(CCC)C(CC)S(=O)CCCOC. The molecular formula is C14H31NO2S. The van der Waals surface area contributed by atoms with Crippen LogP contribution >= 0.6 is 0 Å². The third-order valence-electron chi connectivity index (χ3n) is 3.14. The second-order valence-electron chi connectivity index (χ2n) is 4.73. The summed E-state index contributed by atoms with van der Waals surface area (Å²) in [5.41, 5.74) is 0. The lowest BCUT2D eigenvalue weighted by molar-refractivity contribution is 0.200. The zero-order chi connectivity index (χ0) is 13.8. The molecule has 0 aromatic heterocycles. The van der Waals surface area contributed by atoms with E-state index in [0.29, 0.717) is 12.6 Å². The molecule has 110 valence electrons. The Bertz CT molecular complexity index is 212. The van der Waals surface area contributed by atoms with Gasteiger partial charge in [-0.3, -0.25) is 4.21 Å². The fourth-order valence-electron chi connectivity index (χ4n) is 2.21. The van der Waals surface area contributed by atoms with Gasteiger partial charge >= 0.3 is 0 Å². The normalized spacial score (nSPS) is 16.4. The summed E-state index contributed by atoms with van der Waals surface area (Å²) in [6.45, 7) is 8.25. The number of hydrogen-bond acceptors (Lipinski definition) is 3. The summed E-state index contributed by atoms with van der Waals surface area (Å²) in [5, 5.41) is 3.85. The van der Waals surface area contributed by atoms with Crippen LogP contribution < -0.4 is 5.32 Å². The lowest BCUT2D eigenvalue weighted by atomic mass is 10.1. The molecule has 0 bridgehead atoms. The van der Waals surface area contributed by atoms with Gasteiger partial charge in [-0.05, 0) is 32.2 Å². The summed E-state index contributed by atoms with van der Waals surface area (Å²) in [6.07, 6.45) is 5.28. The molecule has 0 aliphatic heterocycles. The number of nitrogens with one attached hydrogen (secondary N) is 1. The highest BCUT2D eigenvalue weighted by atomic mass is 32.2. The topological polar surface area (TPSA) is 38.3 Å². The molecule has 0 aliphatic carbocycles. The van der Waals surface area contributed by atoms with Crippen LogP contribution in [0.5, 0.6) is 0 Å². The summed E-state index contributed by atoms with van der Waals surface area (Å²) >= 11 is 0. The van der Waals surface area contributed by atoms with Crippen molar-refractivity contribution in [3.63, 3.8) is 0 Å². The molecule has 0 rings (SSSR count). The smallest absolute Gasteiger partial charge is 0.0498 e. The maximum atomic E-state index is 12.3. The number of ether oxygens (including phenoxy) is 1. The summed E-state index contributed by atoms with van der Waals surface area (Å²) < 4.78 is 17.4. The molecule has 1 N–H and O–H groups in total. The van der Waals surface area contributed by atoms with Crippen molar-refractivity contribution in [3.8, 4) is 0 Å².